The third-order valence-electron chi connectivity index (χ3n) is 2.92. The summed E-state index contributed by atoms with van der Waals surface area (Å²) in [5.74, 6) is 0.368. The van der Waals surface area contributed by atoms with E-state index in [9.17, 15) is 14.7 Å². The molecule has 0 amide bonds. The molecule has 1 rings (SSSR count). The number of aliphatic carboxylic acids is 1. The largest absolute Gasteiger partial charge is 0.480 e. The lowest BCUT2D eigenvalue weighted by molar-refractivity contribution is -0.146. The van der Waals surface area contributed by atoms with Gasteiger partial charge in [0.15, 0.2) is 0 Å². The molecule has 0 spiro atoms. The number of carbonyl (C=O) groups excluding carboxylic acids is 1. The quantitative estimate of drug-likeness (QED) is 0.672. The van der Waals surface area contributed by atoms with Crippen LogP contribution in [-0.2, 0) is 14.3 Å². The van der Waals surface area contributed by atoms with Crippen LogP contribution < -0.4 is 5.73 Å². The first kappa shape index (κ1) is 18.1. The van der Waals surface area contributed by atoms with Crippen molar-refractivity contribution in [3.05, 3.63) is 35.9 Å². The van der Waals surface area contributed by atoms with Gasteiger partial charge in [-0.25, -0.2) is 4.79 Å². The number of hydrogen-bond donors (Lipinski definition) is 3. The SMILES string of the molecule is CC(C)(C)OC(C(=C=O)c1ccccc1)C(O)C(N)C(=O)O. The maximum absolute atomic E-state index is 11.4. The standard InChI is InChI=1S/C16H21NO5/c1-16(2,3)22-14(13(19)12(17)15(20)21)11(9-18)10-7-5-4-6-8-10/h4-8,12-14,19H,17H2,1-3H3,(H,20,21). The van der Waals surface area contributed by atoms with Crippen molar-refractivity contribution in [1.82, 2.24) is 0 Å². The number of benzene rings is 1. The molecule has 4 N–H and O–H groups in total. The van der Waals surface area contributed by atoms with Gasteiger partial charge in [0.25, 0.3) is 0 Å². The van der Waals surface area contributed by atoms with Gasteiger partial charge in [0, 0.05) is 0 Å². The molecule has 120 valence electrons. The van der Waals surface area contributed by atoms with Crippen LogP contribution >= 0.6 is 0 Å². The number of carbonyl (C=O) groups is 1. The minimum Gasteiger partial charge on any atom is -0.480 e. The second kappa shape index (κ2) is 7.33. The predicted molar refractivity (Wildman–Crippen MR) is 81.8 cm³/mol. The van der Waals surface area contributed by atoms with Crippen LogP contribution in [0.25, 0.3) is 5.57 Å². The van der Waals surface area contributed by atoms with Crippen molar-refractivity contribution < 1.29 is 24.5 Å². The number of aliphatic hydroxyl groups excluding tert-OH is 1. The van der Waals surface area contributed by atoms with Crippen LogP contribution in [0.4, 0.5) is 0 Å². The van der Waals surface area contributed by atoms with E-state index >= 15 is 0 Å². The lowest BCUT2D eigenvalue weighted by atomic mass is 9.93. The van der Waals surface area contributed by atoms with Gasteiger partial charge in [0.1, 0.15) is 24.2 Å². The Hall–Kier alpha value is -1.98. The monoisotopic (exact) mass is 307 g/mol. The summed E-state index contributed by atoms with van der Waals surface area (Å²) in [6.45, 7) is 5.19. The number of hydrogen-bond acceptors (Lipinski definition) is 5. The fourth-order valence-electron chi connectivity index (χ4n) is 1.91. The Bertz CT molecular complexity index is 558. The molecule has 22 heavy (non-hydrogen) atoms. The first-order valence-electron chi connectivity index (χ1n) is 6.82. The Morgan fingerprint density at radius 3 is 2.23 bits per heavy atom. The molecular weight excluding hydrogens is 286 g/mol. The van der Waals surface area contributed by atoms with Gasteiger partial charge < -0.3 is 20.7 Å². The highest BCUT2D eigenvalue weighted by Crippen LogP contribution is 2.26. The lowest BCUT2D eigenvalue weighted by Crippen LogP contribution is -2.51. The average Bonchev–Trinajstić information content (AvgIpc) is 2.45. The lowest BCUT2D eigenvalue weighted by Gasteiger charge is -2.32. The van der Waals surface area contributed by atoms with Crippen molar-refractivity contribution >= 4 is 17.5 Å². The van der Waals surface area contributed by atoms with Gasteiger partial charge in [0.05, 0.1) is 11.2 Å². The second-order valence-electron chi connectivity index (χ2n) is 5.89. The van der Waals surface area contributed by atoms with Crippen LogP contribution in [0.1, 0.15) is 26.3 Å². The fourth-order valence-corrected chi connectivity index (χ4v) is 1.91. The molecular formula is C16H21NO5. The second-order valence-corrected chi connectivity index (χ2v) is 5.89. The number of aliphatic hydroxyl groups is 1. The van der Waals surface area contributed by atoms with Gasteiger partial charge in [-0.15, -0.1) is 0 Å². The highest BCUT2D eigenvalue weighted by molar-refractivity contribution is 5.90. The van der Waals surface area contributed by atoms with Crippen molar-refractivity contribution in [3.63, 3.8) is 0 Å². The molecule has 1 aromatic carbocycles. The Labute approximate surface area is 129 Å². The number of nitrogens with two attached hydrogens (primary N) is 1. The van der Waals surface area contributed by atoms with Gasteiger partial charge in [0.2, 0.25) is 0 Å². The minimum absolute atomic E-state index is 0.0275. The summed E-state index contributed by atoms with van der Waals surface area (Å²) in [5, 5.41) is 19.2. The Morgan fingerprint density at radius 1 is 1.27 bits per heavy atom. The molecule has 3 atom stereocenters. The number of rotatable bonds is 6. The molecule has 0 aliphatic carbocycles. The van der Waals surface area contributed by atoms with Crippen LogP contribution in [0.5, 0.6) is 0 Å². The van der Waals surface area contributed by atoms with E-state index in [0.717, 1.165) is 0 Å². The zero-order valence-electron chi connectivity index (χ0n) is 12.8. The molecule has 0 fully saturated rings. The molecule has 6 nitrogen and oxygen atoms in total. The Kier molecular flexibility index (Phi) is 6.02. The minimum atomic E-state index is -1.59. The number of carboxylic acid groups (broad SMARTS) is 1. The van der Waals surface area contributed by atoms with Gasteiger partial charge >= 0.3 is 5.97 Å². The van der Waals surface area contributed by atoms with Crippen LogP contribution in [-0.4, -0.2) is 46.0 Å². The number of carboxylic acids is 1. The van der Waals surface area contributed by atoms with Gasteiger partial charge in [-0.1, -0.05) is 30.3 Å². The molecule has 6 heteroatoms. The molecule has 0 aromatic heterocycles. The highest BCUT2D eigenvalue weighted by atomic mass is 16.5. The molecule has 0 saturated carbocycles. The highest BCUT2D eigenvalue weighted by Gasteiger charge is 2.36. The van der Waals surface area contributed by atoms with Crippen molar-refractivity contribution in [2.75, 3.05) is 0 Å². The molecule has 0 heterocycles. The van der Waals surface area contributed by atoms with Crippen LogP contribution in [0, 0.1) is 0 Å². The molecule has 0 aliphatic heterocycles. The topological polar surface area (TPSA) is 110 Å². The molecule has 1 aromatic rings. The van der Waals surface area contributed by atoms with Crippen molar-refractivity contribution in [2.45, 2.75) is 44.6 Å². The van der Waals surface area contributed by atoms with Crippen LogP contribution in [0.15, 0.2) is 30.3 Å². The van der Waals surface area contributed by atoms with E-state index in [-0.39, 0.29) is 5.57 Å². The van der Waals surface area contributed by atoms with Crippen molar-refractivity contribution in [1.29, 1.82) is 0 Å². The normalized spacial score (nSPS) is 15.5. The van der Waals surface area contributed by atoms with E-state index in [2.05, 4.69) is 0 Å². The molecule has 0 saturated heterocycles. The summed E-state index contributed by atoms with van der Waals surface area (Å²) in [6, 6.07) is 6.91. The smallest absolute Gasteiger partial charge is 0.323 e. The summed E-state index contributed by atoms with van der Waals surface area (Å²) < 4.78 is 5.69. The molecule has 3 unspecified atom stereocenters. The van der Waals surface area contributed by atoms with Gasteiger partial charge in [-0.3, -0.25) is 4.79 Å². The zero-order valence-corrected chi connectivity index (χ0v) is 12.8. The van der Waals surface area contributed by atoms with Crippen LogP contribution in [0.2, 0.25) is 0 Å². The summed E-state index contributed by atoms with van der Waals surface area (Å²) in [5.41, 5.74) is 5.27. The first-order chi connectivity index (χ1) is 10.2. The molecule has 0 radical (unpaired) electrons. The first-order valence-corrected chi connectivity index (χ1v) is 6.82. The summed E-state index contributed by atoms with van der Waals surface area (Å²) >= 11 is 0. The number of ether oxygens (including phenoxy) is 1. The van der Waals surface area contributed by atoms with E-state index in [4.69, 9.17) is 15.6 Å². The summed E-state index contributed by atoms with van der Waals surface area (Å²) in [7, 11) is 0. The van der Waals surface area contributed by atoms with Gasteiger partial charge in [-0.2, -0.15) is 0 Å². The maximum Gasteiger partial charge on any atom is 0.323 e. The third kappa shape index (κ3) is 4.79. The van der Waals surface area contributed by atoms with E-state index in [1.54, 1.807) is 57.0 Å². The van der Waals surface area contributed by atoms with Crippen molar-refractivity contribution in [3.8, 4) is 0 Å². The van der Waals surface area contributed by atoms with Crippen molar-refractivity contribution in [2.24, 2.45) is 5.73 Å². The van der Waals surface area contributed by atoms with E-state index in [1.165, 1.54) is 0 Å². The fraction of sp³-hybridized carbons (Fsp3) is 0.438. The zero-order chi connectivity index (χ0) is 16.9. The summed E-state index contributed by atoms with van der Waals surface area (Å²) in [4.78, 5) is 22.4. The van der Waals surface area contributed by atoms with E-state index in [0.29, 0.717) is 5.56 Å². The molecule has 0 aliphatic rings. The van der Waals surface area contributed by atoms with E-state index in [1.807, 2.05) is 0 Å². The Balaban J connectivity index is 3.25. The predicted octanol–water partition coefficient (Wildman–Crippen LogP) is 0.858. The molecule has 0 bridgehead atoms. The third-order valence-corrected chi connectivity index (χ3v) is 2.92. The average molecular weight is 307 g/mol. The van der Waals surface area contributed by atoms with Gasteiger partial charge in [-0.05, 0) is 26.3 Å². The Morgan fingerprint density at radius 2 is 1.82 bits per heavy atom. The summed E-state index contributed by atoms with van der Waals surface area (Å²) in [6.07, 6.45) is -2.79. The van der Waals surface area contributed by atoms with Crippen LogP contribution in [0.3, 0.4) is 0 Å². The van der Waals surface area contributed by atoms with E-state index < -0.39 is 29.8 Å². The maximum atomic E-state index is 11.4.